The lowest BCUT2D eigenvalue weighted by Gasteiger charge is -2.40. The Bertz CT molecular complexity index is 2010. The van der Waals surface area contributed by atoms with Crippen LogP contribution in [0.25, 0.3) is 22.2 Å². The van der Waals surface area contributed by atoms with Crippen LogP contribution in [0.1, 0.15) is 52.9 Å². The molecule has 0 bridgehead atoms. The predicted molar refractivity (Wildman–Crippen MR) is 183 cm³/mol. The molecule has 4 aromatic rings. The summed E-state index contributed by atoms with van der Waals surface area (Å²) in [6, 6.07) is 12.8. The van der Waals surface area contributed by atoms with E-state index in [0.29, 0.717) is 26.3 Å². The molecule has 15 heteroatoms. The van der Waals surface area contributed by atoms with Gasteiger partial charge >= 0.3 is 12.4 Å². The van der Waals surface area contributed by atoms with Crippen LogP contribution in [0.4, 0.5) is 26.3 Å². The van der Waals surface area contributed by atoms with E-state index in [2.05, 4.69) is 15.2 Å². The zero-order valence-corrected chi connectivity index (χ0v) is 29.1. The van der Waals surface area contributed by atoms with Crippen LogP contribution in [0.5, 0.6) is 0 Å². The van der Waals surface area contributed by atoms with E-state index in [-0.39, 0.29) is 62.1 Å². The van der Waals surface area contributed by atoms with Crippen LogP contribution < -0.4 is 5.32 Å². The van der Waals surface area contributed by atoms with E-state index in [1.807, 2.05) is 4.90 Å². The van der Waals surface area contributed by atoms with Gasteiger partial charge in [0.1, 0.15) is 0 Å². The van der Waals surface area contributed by atoms with Crippen molar-refractivity contribution in [1.29, 1.82) is 0 Å². The Balaban J connectivity index is 1.52. The topological polar surface area (TPSA) is 91.8 Å². The summed E-state index contributed by atoms with van der Waals surface area (Å²) in [5.41, 5.74) is -1.45. The van der Waals surface area contributed by atoms with Crippen molar-refractivity contribution in [2.24, 2.45) is 0 Å². The lowest BCUT2D eigenvalue weighted by Crippen LogP contribution is -2.48. The molecule has 0 aliphatic carbocycles. The summed E-state index contributed by atoms with van der Waals surface area (Å²) >= 11 is 0. The SMILES string of the molecule is CCS(=O)(=O)c1ccc2c(C(=O)NC(c3ccccc3)C(F)(F)F)c(CN3CCC(N4CCOCC4)CC3)c(-c3cccc(C(F)(F)F)c3)nc2c1. The predicted octanol–water partition coefficient (Wildman–Crippen LogP) is 7.04. The summed E-state index contributed by atoms with van der Waals surface area (Å²) in [4.78, 5) is 23.3. The fraction of sp³-hybridized carbons (Fsp3) is 0.405. The monoisotopic (exact) mass is 748 g/mol. The molecule has 2 fully saturated rings. The van der Waals surface area contributed by atoms with Crippen LogP contribution in [0.15, 0.2) is 77.7 Å². The second kappa shape index (κ2) is 15.1. The van der Waals surface area contributed by atoms with Crippen LogP contribution in [0.2, 0.25) is 0 Å². The fourth-order valence-electron chi connectivity index (χ4n) is 6.95. The molecule has 2 aliphatic heterocycles. The van der Waals surface area contributed by atoms with E-state index in [1.165, 1.54) is 61.5 Å². The number of carbonyl (C=O) groups excluding carboxylic acids is 1. The number of ether oxygens (including phenoxy) is 1. The van der Waals surface area contributed by atoms with E-state index in [4.69, 9.17) is 4.74 Å². The quantitative estimate of drug-likeness (QED) is 0.184. The number of morpholine rings is 1. The second-order valence-corrected chi connectivity index (χ2v) is 15.3. The highest BCUT2D eigenvalue weighted by Crippen LogP contribution is 2.38. The van der Waals surface area contributed by atoms with Gasteiger partial charge in [-0.2, -0.15) is 26.3 Å². The first kappa shape index (κ1) is 37.7. The number of rotatable bonds is 9. The van der Waals surface area contributed by atoms with Crippen molar-refractivity contribution in [2.75, 3.05) is 45.1 Å². The zero-order chi connectivity index (χ0) is 37.3. The van der Waals surface area contributed by atoms with Crippen molar-refractivity contribution in [3.63, 3.8) is 0 Å². The number of nitrogens with zero attached hydrogens (tertiary/aromatic N) is 3. The van der Waals surface area contributed by atoms with Gasteiger partial charge in [-0.3, -0.25) is 14.6 Å². The summed E-state index contributed by atoms with van der Waals surface area (Å²) in [6.45, 7) is 5.37. The molecule has 2 aliphatic rings. The first-order valence-electron chi connectivity index (χ1n) is 17.0. The number of likely N-dealkylation sites (tertiary alicyclic amines) is 1. The molecule has 0 radical (unpaired) electrons. The number of amides is 1. The van der Waals surface area contributed by atoms with E-state index in [0.717, 1.165) is 38.1 Å². The molecule has 1 N–H and O–H groups in total. The molecule has 278 valence electrons. The average molecular weight is 749 g/mol. The second-order valence-electron chi connectivity index (χ2n) is 13.0. The Morgan fingerprint density at radius 2 is 1.62 bits per heavy atom. The molecule has 8 nitrogen and oxygen atoms in total. The van der Waals surface area contributed by atoms with Gasteiger partial charge in [-0.05, 0) is 55.8 Å². The number of sulfone groups is 1. The van der Waals surface area contributed by atoms with Crippen molar-refractivity contribution >= 4 is 26.6 Å². The Morgan fingerprint density at radius 1 is 0.923 bits per heavy atom. The van der Waals surface area contributed by atoms with Gasteiger partial charge in [0.25, 0.3) is 5.91 Å². The molecule has 3 aromatic carbocycles. The van der Waals surface area contributed by atoms with Crippen molar-refractivity contribution in [2.45, 2.75) is 55.6 Å². The number of pyridine rings is 1. The third-order valence-corrected chi connectivity index (χ3v) is 11.5. The number of fused-ring (bicyclic) bond motifs is 1. The Hall–Kier alpha value is -4.05. The minimum atomic E-state index is -4.91. The van der Waals surface area contributed by atoms with E-state index < -0.39 is 39.7 Å². The highest BCUT2D eigenvalue weighted by atomic mass is 32.2. The van der Waals surface area contributed by atoms with Gasteiger partial charge < -0.3 is 10.1 Å². The molecule has 0 spiro atoms. The summed E-state index contributed by atoms with van der Waals surface area (Å²) in [7, 11) is -3.81. The Labute approximate surface area is 297 Å². The minimum absolute atomic E-state index is 0.00979. The summed E-state index contributed by atoms with van der Waals surface area (Å²) in [6.07, 6.45) is -8.13. The zero-order valence-electron chi connectivity index (χ0n) is 28.3. The number of hydrogen-bond acceptors (Lipinski definition) is 7. The Morgan fingerprint density at radius 3 is 2.25 bits per heavy atom. The lowest BCUT2D eigenvalue weighted by atomic mass is 9.93. The van der Waals surface area contributed by atoms with Crippen LogP contribution in [-0.4, -0.2) is 86.5 Å². The van der Waals surface area contributed by atoms with Crippen LogP contribution in [-0.2, 0) is 27.3 Å². The highest BCUT2D eigenvalue weighted by molar-refractivity contribution is 7.91. The smallest absolute Gasteiger partial charge is 0.379 e. The summed E-state index contributed by atoms with van der Waals surface area (Å²) < 4.78 is 117. The number of benzene rings is 3. The third kappa shape index (κ3) is 8.27. The van der Waals surface area contributed by atoms with Gasteiger partial charge in [0.05, 0.1) is 46.2 Å². The number of alkyl halides is 6. The number of nitrogens with one attached hydrogen (secondary N) is 1. The number of hydrogen-bond donors (Lipinski definition) is 1. The molecular formula is C37H38F6N4O4S. The van der Waals surface area contributed by atoms with Crippen molar-refractivity contribution in [1.82, 2.24) is 20.1 Å². The van der Waals surface area contributed by atoms with Crippen LogP contribution in [0, 0.1) is 0 Å². The molecule has 1 atom stereocenters. The van der Waals surface area contributed by atoms with Crippen molar-refractivity contribution in [3.8, 4) is 11.3 Å². The highest BCUT2D eigenvalue weighted by Gasteiger charge is 2.43. The molecule has 6 rings (SSSR count). The number of piperidine rings is 1. The van der Waals surface area contributed by atoms with E-state index >= 15 is 0 Å². The van der Waals surface area contributed by atoms with Gasteiger partial charge in [-0.1, -0.05) is 55.5 Å². The lowest BCUT2D eigenvalue weighted by molar-refractivity contribution is -0.155. The first-order chi connectivity index (χ1) is 24.7. The maximum atomic E-state index is 14.6. The molecule has 1 amide bonds. The van der Waals surface area contributed by atoms with Gasteiger partial charge in [0, 0.05) is 42.2 Å². The molecular weight excluding hydrogens is 710 g/mol. The molecule has 1 aromatic heterocycles. The maximum Gasteiger partial charge on any atom is 0.416 e. The third-order valence-electron chi connectivity index (χ3n) is 9.72. The number of halogens is 6. The fourth-order valence-corrected chi connectivity index (χ4v) is 7.85. The van der Waals surface area contributed by atoms with E-state index in [9.17, 15) is 39.6 Å². The first-order valence-corrected chi connectivity index (χ1v) is 18.6. The summed E-state index contributed by atoms with van der Waals surface area (Å²) in [5, 5.41) is 2.22. The molecule has 2 saturated heterocycles. The van der Waals surface area contributed by atoms with Gasteiger partial charge in [-0.15, -0.1) is 0 Å². The van der Waals surface area contributed by atoms with Gasteiger partial charge in [0.2, 0.25) is 0 Å². The Kier molecular flexibility index (Phi) is 11.0. The van der Waals surface area contributed by atoms with Crippen molar-refractivity contribution < 1.29 is 44.3 Å². The number of carbonyl (C=O) groups is 1. The van der Waals surface area contributed by atoms with Gasteiger partial charge in [-0.25, -0.2) is 13.4 Å². The molecule has 3 heterocycles. The van der Waals surface area contributed by atoms with Crippen LogP contribution >= 0.6 is 0 Å². The van der Waals surface area contributed by atoms with Crippen LogP contribution in [0.3, 0.4) is 0 Å². The average Bonchev–Trinajstić information content (AvgIpc) is 3.13. The summed E-state index contributed by atoms with van der Waals surface area (Å²) in [5.74, 6) is -1.40. The maximum absolute atomic E-state index is 14.6. The van der Waals surface area contributed by atoms with Crippen molar-refractivity contribution in [3.05, 3.63) is 95.1 Å². The normalized spacial score (nSPS) is 17.7. The number of aromatic nitrogens is 1. The minimum Gasteiger partial charge on any atom is -0.379 e. The van der Waals surface area contributed by atoms with E-state index in [1.54, 1.807) is 6.07 Å². The standard InChI is InChI=1S/C37H38F6N4O4S/c1-2-52(49,50)28-11-12-29-31(22-28)44-33(25-9-6-10-26(21-25)36(38,39)40)30(23-46-15-13-27(14-16-46)47-17-19-51-20-18-47)32(29)35(48)45-34(37(41,42)43)24-7-4-3-5-8-24/h3-12,21-22,27,34H,2,13-20,23H2,1H3,(H,45,48). The molecule has 52 heavy (non-hydrogen) atoms. The molecule has 0 saturated carbocycles. The van der Waals surface area contributed by atoms with Gasteiger partial charge in [0.15, 0.2) is 15.9 Å². The largest absolute Gasteiger partial charge is 0.416 e. The molecule has 1 unspecified atom stereocenters.